The van der Waals surface area contributed by atoms with E-state index in [4.69, 9.17) is 10.7 Å². The van der Waals surface area contributed by atoms with Gasteiger partial charge in [-0.1, -0.05) is 26.0 Å². The van der Waals surface area contributed by atoms with Gasteiger partial charge in [-0.2, -0.15) is 0 Å². The number of piperidine rings is 1. The van der Waals surface area contributed by atoms with Crippen LogP contribution in [0.4, 0.5) is 10.1 Å². The Balaban J connectivity index is 1.37. The van der Waals surface area contributed by atoms with E-state index < -0.39 is 5.82 Å². The lowest BCUT2D eigenvalue weighted by atomic mass is 10.0. The van der Waals surface area contributed by atoms with Gasteiger partial charge >= 0.3 is 0 Å². The molecule has 4 heterocycles. The van der Waals surface area contributed by atoms with Gasteiger partial charge in [0, 0.05) is 43.2 Å². The number of para-hydroxylation sites is 1. The third-order valence-electron chi connectivity index (χ3n) is 8.78. The van der Waals surface area contributed by atoms with Gasteiger partial charge in [0.1, 0.15) is 11.3 Å². The molecule has 0 radical (unpaired) electrons. The van der Waals surface area contributed by atoms with Crippen molar-refractivity contribution in [3.8, 4) is 11.5 Å². The first kappa shape index (κ1) is 21.9. The molecule has 4 atom stereocenters. The van der Waals surface area contributed by atoms with Gasteiger partial charge in [0.25, 0.3) is 5.91 Å². The molecule has 2 aromatic carbocycles. The Bertz CT molecular complexity index is 1550. The van der Waals surface area contributed by atoms with Crippen molar-refractivity contribution >= 4 is 33.5 Å². The van der Waals surface area contributed by atoms with E-state index in [0.29, 0.717) is 40.8 Å². The summed E-state index contributed by atoms with van der Waals surface area (Å²) in [4.78, 5) is 20.1. The number of carbonyl (C=O) groups excluding carboxylic acids is 1. The van der Waals surface area contributed by atoms with Gasteiger partial charge < -0.3 is 25.1 Å². The van der Waals surface area contributed by atoms with Crippen LogP contribution in [0.5, 0.6) is 0 Å². The Labute approximate surface area is 209 Å². The SMILES string of the molecule is CC(C)[C@@H]1CNc2cccc3cc(-c4nc5cc(C(=O)N6C[C@H]7CC[C@@H]6[C@@H]7N)cc(F)c5n4C)n1c23. The molecular weight excluding hydrogens is 455 g/mol. The summed E-state index contributed by atoms with van der Waals surface area (Å²) in [6, 6.07) is 11.8. The summed E-state index contributed by atoms with van der Waals surface area (Å²) in [5.41, 5.74) is 10.8. The molecule has 2 bridgehead atoms. The largest absolute Gasteiger partial charge is 0.381 e. The number of nitrogens with one attached hydrogen (secondary N) is 1. The molecule has 8 heteroatoms. The van der Waals surface area contributed by atoms with Gasteiger partial charge in [0.2, 0.25) is 0 Å². The van der Waals surface area contributed by atoms with Crippen LogP contribution < -0.4 is 11.1 Å². The quantitative estimate of drug-likeness (QED) is 0.446. The van der Waals surface area contributed by atoms with Gasteiger partial charge in [0.15, 0.2) is 5.82 Å². The lowest BCUT2D eigenvalue weighted by molar-refractivity contribution is 0.0700. The van der Waals surface area contributed by atoms with Crippen molar-refractivity contribution in [3.05, 3.63) is 47.8 Å². The van der Waals surface area contributed by atoms with Crippen LogP contribution in [0.15, 0.2) is 36.4 Å². The monoisotopic (exact) mass is 486 g/mol. The summed E-state index contributed by atoms with van der Waals surface area (Å²) in [5.74, 6) is 0.874. The maximum Gasteiger partial charge on any atom is 0.254 e. The second kappa shape index (κ2) is 7.56. The predicted octanol–water partition coefficient (Wildman–Crippen LogP) is 4.52. The van der Waals surface area contributed by atoms with E-state index in [1.54, 1.807) is 6.07 Å². The molecule has 7 rings (SSSR count). The number of aromatic nitrogens is 3. The molecule has 186 valence electrons. The summed E-state index contributed by atoms with van der Waals surface area (Å²) >= 11 is 0. The zero-order chi connectivity index (χ0) is 24.9. The van der Waals surface area contributed by atoms with E-state index in [2.05, 4.69) is 48.0 Å². The third kappa shape index (κ3) is 2.88. The number of nitrogens with two attached hydrogens (primary N) is 1. The molecular formula is C28H31FN6O. The number of amides is 1. The summed E-state index contributed by atoms with van der Waals surface area (Å²) in [6.07, 6.45) is 1.99. The minimum absolute atomic E-state index is 0.0257. The molecule has 0 spiro atoms. The second-order valence-electron chi connectivity index (χ2n) is 11.1. The molecule has 7 nitrogen and oxygen atoms in total. The van der Waals surface area contributed by atoms with Crippen LogP contribution in [0.25, 0.3) is 33.5 Å². The molecule has 1 saturated heterocycles. The topological polar surface area (TPSA) is 81.1 Å². The molecule has 1 saturated carbocycles. The lowest BCUT2D eigenvalue weighted by Crippen LogP contribution is -2.41. The van der Waals surface area contributed by atoms with E-state index >= 15 is 4.39 Å². The first-order valence-corrected chi connectivity index (χ1v) is 12.9. The van der Waals surface area contributed by atoms with Crippen molar-refractivity contribution < 1.29 is 9.18 Å². The normalized spacial score (nSPS) is 24.9. The van der Waals surface area contributed by atoms with Crippen LogP contribution in [0.3, 0.4) is 0 Å². The fourth-order valence-corrected chi connectivity index (χ4v) is 6.88. The highest BCUT2D eigenvalue weighted by Crippen LogP contribution is 2.41. The average molecular weight is 487 g/mol. The Morgan fingerprint density at radius 2 is 2.03 bits per heavy atom. The van der Waals surface area contributed by atoms with Crippen molar-refractivity contribution in [1.29, 1.82) is 0 Å². The van der Waals surface area contributed by atoms with Crippen molar-refractivity contribution in [2.24, 2.45) is 24.6 Å². The molecule has 36 heavy (non-hydrogen) atoms. The molecule has 2 aliphatic heterocycles. The molecule has 0 unspecified atom stereocenters. The highest BCUT2D eigenvalue weighted by molar-refractivity contribution is 6.00. The number of benzene rings is 2. The van der Waals surface area contributed by atoms with E-state index in [0.717, 1.165) is 41.7 Å². The number of fused-ring (bicyclic) bond motifs is 3. The number of halogens is 1. The van der Waals surface area contributed by atoms with Crippen LogP contribution in [-0.2, 0) is 7.05 Å². The molecule has 3 aliphatic rings. The number of aryl methyl sites for hydroxylation is 1. The smallest absolute Gasteiger partial charge is 0.254 e. The molecule has 2 aromatic heterocycles. The number of rotatable bonds is 3. The highest BCUT2D eigenvalue weighted by atomic mass is 19.1. The van der Waals surface area contributed by atoms with Gasteiger partial charge in [-0.05, 0) is 48.9 Å². The maximum atomic E-state index is 15.5. The van der Waals surface area contributed by atoms with Crippen molar-refractivity contribution in [3.63, 3.8) is 0 Å². The zero-order valence-electron chi connectivity index (χ0n) is 20.8. The number of imidazole rings is 1. The zero-order valence-corrected chi connectivity index (χ0v) is 20.8. The third-order valence-corrected chi connectivity index (χ3v) is 8.78. The molecule has 2 fully saturated rings. The van der Waals surface area contributed by atoms with Crippen molar-refractivity contribution in [1.82, 2.24) is 19.0 Å². The van der Waals surface area contributed by atoms with Gasteiger partial charge in [-0.15, -0.1) is 0 Å². The predicted molar refractivity (Wildman–Crippen MR) is 139 cm³/mol. The lowest BCUT2D eigenvalue weighted by Gasteiger charge is -2.31. The van der Waals surface area contributed by atoms with Crippen molar-refractivity contribution in [2.45, 2.75) is 44.8 Å². The van der Waals surface area contributed by atoms with Gasteiger partial charge in [0.05, 0.1) is 28.5 Å². The summed E-state index contributed by atoms with van der Waals surface area (Å²) in [5, 5.41) is 4.70. The van der Waals surface area contributed by atoms with Crippen LogP contribution >= 0.6 is 0 Å². The molecule has 1 aliphatic carbocycles. The van der Waals surface area contributed by atoms with Crippen LogP contribution in [-0.4, -0.2) is 50.1 Å². The van der Waals surface area contributed by atoms with Crippen LogP contribution in [0, 0.1) is 17.7 Å². The number of carbonyl (C=O) groups is 1. The summed E-state index contributed by atoms with van der Waals surface area (Å²) in [6.45, 7) is 5.92. The second-order valence-corrected chi connectivity index (χ2v) is 11.1. The minimum Gasteiger partial charge on any atom is -0.381 e. The molecule has 1 amide bonds. The fraction of sp³-hybridized carbons (Fsp3) is 0.429. The number of hydrogen-bond donors (Lipinski definition) is 2. The van der Waals surface area contributed by atoms with Crippen LogP contribution in [0.2, 0.25) is 0 Å². The first-order chi connectivity index (χ1) is 17.3. The first-order valence-electron chi connectivity index (χ1n) is 12.9. The van der Waals surface area contributed by atoms with Crippen LogP contribution in [0.1, 0.15) is 43.1 Å². The Hall–Kier alpha value is -3.39. The Kier molecular flexibility index (Phi) is 4.59. The molecule has 4 aromatic rings. The van der Waals surface area contributed by atoms with Gasteiger partial charge in [-0.25, -0.2) is 9.37 Å². The maximum absolute atomic E-state index is 15.5. The average Bonchev–Trinajstić information content (AvgIpc) is 3.60. The number of likely N-dealkylation sites (tertiary alicyclic amines) is 1. The standard InChI is InChI=1S/C28H31FN6O/c1-14(2)23-12-31-19-6-4-5-15-11-22(35(23)25(15)19)27-32-20-10-17(9-18(29)26(20)33(27)3)28(36)34-13-16-7-8-21(34)24(16)30/h4-6,9-11,14,16,21,23-24,31H,7-8,12-13,30H2,1-3H3/t16-,21-,23+,24-/m1/s1. The number of hydrogen-bond acceptors (Lipinski definition) is 4. The summed E-state index contributed by atoms with van der Waals surface area (Å²) in [7, 11) is 1.85. The summed E-state index contributed by atoms with van der Waals surface area (Å²) < 4.78 is 19.7. The van der Waals surface area contributed by atoms with E-state index in [-0.39, 0.29) is 24.0 Å². The van der Waals surface area contributed by atoms with E-state index in [9.17, 15) is 4.79 Å². The minimum atomic E-state index is -0.428. The number of nitrogens with zero attached hydrogens (tertiary/aromatic N) is 4. The van der Waals surface area contributed by atoms with Gasteiger partial charge in [-0.3, -0.25) is 4.79 Å². The molecule has 3 N–H and O–H groups in total. The highest BCUT2D eigenvalue weighted by Gasteiger charge is 2.47. The van der Waals surface area contributed by atoms with E-state index in [1.165, 1.54) is 6.07 Å². The Morgan fingerprint density at radius 3 is 2.75 bits per heavy atom. The number of anilines is 1. The Morgan fingerprint density at radius 1 is 1.19 bits per heavy atom. The van der Waals surface area contributed by atoms with E-state index in [1.807, 2.05) is 16.5 Å². The fourth-order valence-electron chi connectivity index (χ4n) is 6.88. The van der Waals surface area contributed by atoms with Crippen molar-refractivity contribution in [2.75, 3.05) is 18.4 Å².